The average molecular weight is 755 g/mol. The molecule has 0 amide bonds. The second-order valence-electron chi connectivity index (χ2n) is 22.2. The van der Waals surface area contributed by atoms with E-state index in [1.807, 2.05) is 0 Å². The van der Waals surface area contributed by atoms with Crippen molar-refractivity contribution >= 4 is 46.1 Å². The van der Waals surface area contributed by atoms with Gasteiger partial charge in [0, 0.05) is 34.0 Å². The maximum atomic E-state index is 7.38. The Kier molecular flexibility index (Phi) is 8.22. The fraction of sp³-hybridized carbons (Fsp3) is 0.434. The van der Waals surface area contributed by atoms with Crippen molar-refractivity contribution in [3.8, 4) is 5.75 Å². The van der Waals surface area contributed by atoms with Crippen LogP contribution in [0.25, 0.3) is 0 Å². The summed E-state index contributed by atoms with van der Waals surface area (Å²) in [6.45, 7) is 32.9. The van der Waals surface area contributed by atoms with Gasteiger partial charge in [-0.15, -0.1) is 0 Å². The first-order valence-electron chi connectivity index (χ1n) is 21.5. The molecule has 0 fully saturated rings. The van der Waals surface area contributed by atoms with E-state index in [-0.39, 0.29) is 45.8 Å². The number of benzene rings is 5. The van der Waals surface area contributed by atoms with Crippen LogP contribution in [0.15, 0.2) is 91.0 Å². The van der Waals surface area contributed by atoms with Crippen molar-refractivity contribution < 1.29 is 4.74 Å². The third-order valence-corrected chi connectivity index (χ3v) is 14.0. The minimum Gasteiger partial charge on any atom is -0.495 e. The maximum Gasteiger partial charge on any atom is 0.267 e. The monoisotopic (exact) mass is 755 g/mol. The Morgan fingerprint density at radius 3 is 1.79 bits per heavy atom. The largest absolute Gasteiger partial charge is 0.495 e. The molecule has 0 N–H and O–H groups in total. The Bertz CT molecular complexity index is 2430. The molecular formula is C53H63BN2O. The van der Waals surface area contributed by atoms with Crippen LogP contribution in [0.4, 0.5) is 28.4 Å². The lowest BCUT2D eigenvalue weighted by Gasteiger charge is -2.49. The molecule has 0 saturated carbocycles. The minimum absolute atomic E-state index is 0.000551. The van der Waals surface area contributed by atoms with E-state index in [1.165, 1.54) is 91.1 Å². The first-order chi connectivity index (χ1) is 26.5. The topological polar surface area (TPSA) is 15.7 Å². The lowest BCUT2D eigenvalue weighted by atomic mass is 9.32. The molecule has 4 heteroatoms. The van der Waals surface area contributed by atoms with Crippen LogP contribution in [-0.4, -0.2) is 12.7 Å². The van der Waals surface area contributed by atoms with Gasteiger partial charge in [-0.2, -0.15) is 0 Å². The van der Waals surface area contributed by atoms with E-state index in [4.69, 9.17) is 4.74 Å². The number of hydrogen-bond acceptors (Lipinski definition) is 3. The maximum absolute atomic E-state index is 7.38. The molecule has 0 bridgehead atoms. The van der Waals surface area contributed by atoms with Crippen LogP contribution in [0.5, 0.6) is 5.75 Å². The second kappa shape index (κ2) is 12.3. The van der Waals surface area contributed by atoms with E-state index in [9.17, 15) is 0 Å². The van der Waals surface area contributed by atoms with Crippen LogP contribution in [0, 0.1) is 6.92 Å². The molecule has 0 aromatic heterocycles. The van der Waals surface area contributed by atoms with Gasteiger partial charge in [0.25, 0.3) is 6.71 Å². The van der Waals surface area contributed by atoms with E-state index in [0.717, 1.165) is 5.75 Å². The molecule has 3 aliphatic heterocycles. The number of hydrogen-bond donors (Lipinski definition) is 0. The summed E-state index contributed by atoms with van der Waals surface area (Å²) in [5, 5.41) is 0. The molecule has 5 aromatic carbocycles. The van der Waals surface area contributed by atoms with E-state index >= 15 is 0 Å². The van der Waals surface area contributed by atoms with Crippen molar-refractivity contribution in [3.63, 3.8) is 0 Å². The summed E-state index contributed by atoms with van der Waals surface area (Å²) < 4.78 is 7.38. The number of ether oxygens (including phenoxy) is 1. The molecular weight excluding hydrogens is 691 g/mol. The summed E-state index contributed by atoms with van der Waals surface area (Å²) in [4.78, 5) is 5.25. The highest BCUT2D eigenvalue weighted by atomic mass is 16.5. The molecule has 2 unspecified atom stereocenters. The van der Waals surface area contributed by atoms with Crippen LogP contribution in [0.2, 0.25) is 0 Å². The van der Waals surface area contributed by atoms with Crippen LogP contribution in [0.1, 0.15) is 148 Å². The highest BCUT2D eigenvalue weighted by Gasteiger charge is 2.55. The van der Waals surface area contributed by atoms with Crippen molar-refractivity contribution in [1.29, 1.82) is 0 Å². The number of fused-ring (bicyclic) bond motifs is 7. The van der Waals surface area contributed by atoms with E-state index in [2.05, 4.69) is 198 Å². The zero-order chi connectivity index (χ0) is 40.8. The third-order valence-electron chi connectivity index (χ3n) is 14.0. The molecule has 294 valence electrons. The highest BCUT2D eigenvalue weighted by Crippen LogP contribution is 2.54. The van der Waals surface area contributed by atoms with Crippen molar-refractivity contribution in [1.82, 2.24) is 0 Å². The summed E-state index contributed by atoms with van der Waals surface area (Å²) in [7, 11) is 0. The van der Waals surface area contributed by atoms with Gasteiger partial charge in [0.2, 0.25) is 0 Å². The Morgan fingerprint density at radius 1 is 0.579 bits per heavy atom. The summed E-state index contributed by atoms with van der Waals surface area (Å²) >= 11 is 0. The first kappa shape index (κ1) is 38.1. The number of aryl methyl sites for hydroxylation is 1. The molecule has 5 aromatic rings. The average Bonchev–Trinajstić information content (AvgIpc) is 3.50. The highest BCUT2D eigenvalue weighted by molar-refractivity contribution is 6.91. The third kappa shape index (κ3) is 5.98. The van der Waals surface area contributed by atoms with Crippen molar-refractivity contribution in [2.75, 3.05) is 9.80 Å². The van der Waals surface area contributed by atoms with Gasteiger partial charge in [-0.05, 0) is 146 Å². The number of nitrogens with zero attached hydrogens (tertiary/aromatic N) is 2. The fourth-order valence-corrected chi connectivity index (χ4v) is 10.4. The zero-order valence-corrected chi connectivity index (χ0v) is 37.1. The molecule has 0 radical (unpaired) electrons. The van der Waals surface area contributed by atoms with E-state index in [1.54, 1.807) is 0 Å². The van der Waals surface area contributed by atoms with Gasteiger partial charge < -0.3 is 14.5 Å². The smallest absolute Gasteiger partial charge is 0.267 e. The lowest BCUT2D eigenvalue weighted by molar-refractivity contribution is 0.282. The molecule has 1 aliphatic carbocycles. The van der Waals surface area contributed by atoms with E-state index in [0.29, 0.717) is 0 Å². The van der Waals surface area contributed by atoms with Gasteiger partial charge in [0.15, 0.2) is 0 Å². The summed E-state index contributed by atoms with van der Waals surface area (Å²) in [5.41, 5.74) is 18.9. The Balaban J connectivity index is 1.35. The molecule has 3 nitrogen and oxygen atoms in total. The lowest BCUT2D eigenvalue weighted by Crippen LogP contribution is -2.65. The van der Waals surface area contributed by atoms with Crippen LogP contribution in [0.3, 0.4) is 0 Å². The predicted molar refractivity (Wildman–Crippen MR) is 244 cm³/mol. The molecule has 0 saturated heterocycles. The normalized spacial score (nSPS) is 20.3. The number of rotatable bonds is 2. The molecule has 57 heavy (non-hydrogen) atoms. The Labute approximate surface area is 343 Å². The molecule has 9 rings (SSSR count). The standard InChI is InChI=1S/C53H63BN2O/c1-32-27-43-46-44(28-32)56(36-19-15-33(16-20-36)49(2,3)4)47-38-29-34(50(5,6)7)18-24-45(38)57-48(47)54(46)41-30-35(51(8,9)10)17-23-42(41)55(43)37-21-22-39-40(31-37)53(13,14)26-25-52(39,11)12/h15-24,27-31,47-48H,25-26H2,1-14H3. The first-order valence-corrected chi connectivity index (χ1v) is 21.5. The van der Waals surface area contributed by atoms with Crippen LogP contribution in [-0.2, 0) is 27.1 Å². The van der Waals surface area contributed by atoms with Crippen LogP contribution >= 0.6 is 0 Å². The predicted octanol–water partition coefficient (Wildman–Crippen LogP) is 12.8. The van der Waals surface area contributed by atoms with Gasteiger partial charge in [-0.3, -0.25) is 0 Å². The molecule has 3 heterocycles. The van der Waals surface area contributed by atoms with Gasteiger partial charge in [0.1, 0.15) is 11.8 Å². The van der Waals surface area contributed by atoms with Gasteiger partial charge in [0.05, 0.1) is 6.04 Å². The van der Waals surface area contributed by atoms with Crippen molar-refractivity contribution in [3.05, 3.63) is 130 Å². The van der Waals surface area contributed by atoms with Gasteiger partial charge in [-0.25, -0.2) is 0 Å². The Morgan fingerprint density at radius 2 is 1.14 bits per heavy atom. The van der Waals surface area contributed by atoms with Crippen molar-refractivity contribution in [2.24, 2.45) is 0 Å². The molecule has 4 aliphatic rings. The summed E-state index contributed by atoms with van der Waals surface area (Å²) in [6.07, 6.45) is 2.39. The van der Waals surface area contributed by atoms with Crippen LogP contribution < -0.4 is 25.5 Å². The van der Waals surface area contributed by atoms with Crippen molar-refractivity contribution in [2.45, 2.75) is 149 Å². The number of anilines is 5. The fourth-order valence-electron chi connectivity index (χ4n) is 10.4. The van der Waals surface area contributed by atoms with E-state index < -0.39 is 0 Å². The summed E-state index contributed by atoms with van der Waals surface area (Å²) in [6, 6.07) is 35.9. The van der Waals surface area contributed by atoms with Gasteiger partial charge in [-0.1, -0.05) is 126 Å². The molecule has 2 atom stereocenters. The minimum atomic E-state index is -0.120. The quantitative estimate of drug-likeness (QED) is 0.167. The van der Waals surface area contributed by atoms with Gasteiger partial charge >= 0.3 is 0 Å². The zero-order valence-electron chi connectivity index (χ0n) is 37.1. The second-order valence-corrected chi connectivity index (χ2v) is 22.2. The molecule has 0 spiro atoms. The Hall–Kier alpha value is -4.44. The SMILES string of the molecule is Cc1cc2c3c(c1)N(c1ccc(C(C)(C)C)cc1)C1c4cc(C(C)(C)C)ccc4OC1B3c1cc(C(C)(C)C)ccc1N2c1ccc2c(c1)C(C)(C)CCC2(C)C. The summed E-state index contributed by atoms with van der Waals surface area (Å²) in [5.74, 6) is 1.01.